The molecule has 1 aliphatic rings. The van der Waals surface area contributed by atoms with E-state index < -0.39 is 5.60 Å². The Morgan fingerprint density at radius 3 is 2.28 bits per heavy atom. The number of benzene rings is 3. The molecule has 3 aromatic carbocycles. The highest BCUT2D eigenvalue weighted by molar-refractivity contribution is 5.86. The first-order chi connectivity index (χ1) is 17.5. The lowest BCUT2D eigenvalue weighted by molar-refractivity contribution is -0.148. The molecular formula is C31H39N3O2. The molecule has 190 valence electrons. The van der Waals surface area contributed by atoms with Crippen LogP contribution < -0.4 is 10.2 Å². The third-order valence-electron chi connectivity index (χ3n) is 7.14. The van der Waals surface area contributed by atoms with Crippen molar-refractivity contribution in [1.29, 1.82) is 0 Å². The molecule has 0 bridgehead atoms. The van der Waals surface area contributed by atoms with Crippen LogP contribution in [-0.2, 0) is 21.7 Å². The largest absolute Gasteiger partial charge is 0.369 e. The van der Waals surface area contributed by atoms with Crippen LogP contribution >= 0.6 is 0 Å². The molecule has 1 heterocycles. The third-order valence-corrected chi connectivity index (χ3v) is 7.14. The molecule has 1 atom stereocenters. The third kappa shape index (κ3) is 6.54. The van der Waals surface area contributed by atoms with Crippen LogP contribution in [0.4, 0.5) is 5.69 Å². The number of hydrogen-bond acceptors (Lipinski definition) is 4. The summed E-state index contributed by atoms with van der Waals surface area (Å²) < 4.78 is 6.25. The van der Waals surface area contributed by atoms with Crippen molar-refractivity contribution >= 4 is 11.6 Å². The summed E-state index contributed by atoms with van der Waals surface area (Å²) in [5.74, 6) is -0.0932. The molecule has 0 saturated carbocycles. The minimum atomic E-state index is -1.05. The van der Waals surface area contributed by atoms with E-state index in [0.29, 0.717) is 13.2 Å². The number of piperazine rings is 1. The molecule has 0 aromatic heterocycles. The lowest BCUT2D eigenvalue weighted by Gasteiger charge is -2.37. The fourth-order valence-electron chi connectivity index (χ4n) is 4.78. The van der Waals surface area contributed by atoms with E-state index in [1.54, 1.807) is 0 Å². The Balaban J connectivity index is 1.26. The predicted molar refractivity (Wildman–Crippen MR) is 147 cm³/mol. The number of nitrogens with zero attached hydrogens (tertiary/aromatic N) is 2. The van der Waals surface area contributed by atoms with Crippen LogP contribution in [0.25, 0.3) is 0 Å². The van der Waals surface area contributed by atoms with Gasteiger partial charge >= 0.3 is 0 Å². The molecule has 1 saturated heterocycles. The monoisotopic (exact) mass is 485 g/mol. The van der Waals surface area contributed by atoms with Gasteiger partial charge in [-0.1, -0.05) is 72.8 Å². The summed E-state index contributed by atoms with van der Waals surface area (Å²) in [5.41, 5.74) is 4.87. The minimum Gasteiger partial charge on any atom is -0.369 e. The van der Waals surface area contributed by atoms with Gasteiger partial charge in [0.1, 0.15) is 0 Å². The number of aryl methyl sites for hydroxylation is 2. The molecule has 36 heavy (non-hydrogen) atoms. The lowest BCUT2D eigenvalue weighted by atomic mass is 9.94. The fraction of sp³-hybridized carbons (Fsp3) is 0.387. The van der Waals surface area contributed by atoms with E-state index in [-0.39, 0.29) is 5.91 Å². The topological polar surface area (TPSA) is 44.8 Å². The number of nitrogens with one attached hydrogen (secondary N) is 1. The first kappa shape index (κ1) is 25.9. The number of amides is 1. The Kier molecular flexibility index (Phi) is 8.79. The van der Waals surface area contributed by atoms with E-state index in [1.807, 2.05) is 67.6 Å². The molecule has 0 aliphatic carbocycles. The summed E-state index contributed by atoms with van der Waals surface area (Å²) in [6.45, 7) is 12.4. The molecule has 0 radical (unpaired) electrons. The van der Waals surface area contributed by atoms with Gasteiger partial charge in [-0.25, -0.2) is 0 Å². The van der Waals surface area contributed by atoms with E-state index in [0.717, 1.165) is 50.3 Å². The van der Waals surface area contributed by atoms with Crippen LogP contribution in [0.15, 0.2) is 78.9 Å². The molecule has 1 unspecified atom stereocenters. The zero-order chi connectivity index (χ0) is 25.4. The van der Waals surface area contributed by atoms with Crippen LogP contribution in [0.1, 0.15) is 35.6 Å². The second kappa shape index (κ2) is 12.2. The van der Waals surface area contributed by atoms with Crippen molar-refractivity contribution in [2.24, 2.45) is 0 Å². The molecule has 4 rings (SSSR count). The van der Waals surface area contributed by atoms with E-state index in [1.165, 1.54) is 16.8 Å². The zero-order valence-corrected chi connectivity index (χ0v) is 21.9. The second-order valence-electron chi connectivity index (χ2n) is 9.90. The number of ether oxygens (including phenoxy) is 1. The normalized spacial score (nSPS) is 15.9. The molecule has 5 nitrogen and oxygen atoms in total. The zero-order valence-electron chi connectivity index (χ0n) is 21.9. The molecular weight excluding hydrogens is 446 g/mol. The summed E-state index contributed by atoms with van der Waals surface area (Å²) >= 11 is 0. The first-order valence-electron chi connectivity index (χ1n) is 13.0. The van der Waals surface area contributed by atoms with Gasteiger partial charge in [-0.15, -0.1) is 0 Å². The minimum absolute atomic E-state index is 0.0932. The van der Waals surface area contributed by atoms with Crippen LogP contribution in [-0.4, -0.2) is 50.1 Å². The molecule has 1 aliphatic heterocycles. The van der Waals surface area contributed by atoms with Crippen molar-refractivity contribution in [3.05, 3.63) is 101 Å². The van der Waals surface area contributed by atoms with Gasteiger partial charge in [-0.2, -0.15) is 0 Å². The van der Waals surface area contributed by atoms with Gasteiger partial charge in [0, 0.05) is 38.4 Å². The van der Waals surface area contributed by atoms with Gasteiger partial charge in [0.05, 0.1) is 6.61 Å². The smallest absolute Gasteiger partial charge is 0.256 e. The number of hydrogen-bond donors (Lipinski definition) is 1. The van der Waals surface area contributed by atoms with Gasteiger partial charge in [0.15, 0.2) is 5.60 Å². The number of anilines is 1. The van der Waals surface area contributed by atoms with E-state index >= 15 is 0 Å². The van der Waals surface area contributed by atoms with Crippen LogP contribution in [0, 0.1) is 13.8 Å². The van der Waals surface area contributed by atoms with Gasteiger partial charge in [0.25, 0.3) is 5.91 Å². The lowest BCUT2D eigenvalue weighted by Crippen LogP contribution is -2.48. The average Bonchev–Trinajstić information content (AvgIpc) is 2.92. The van der Waals surface area contributed by atoms with Crippen molar-refractivity contribution in [2.45, 2.75) is 39.4 Å². The molecule has 5 heteroatoms. The first-order valence-corrected chi connectivity index (χ1v) is 13.0. The number of rotatable bonds is 10. The number of carbonyl (C=O) groups excluding carboxylic acids is 1. The quantitative estimate of drug-likeness (QED) is 0.408. The maximum absolute atomic E-state index is 13.3. The predicted octanol–water partition coefficient (Wildman–Crippen LogP) is 5.06. The Bertz CT molecular complexity index is 1110. The molecule has 3 aromatic rings. The van der Waals surface area contributed by atoms with Crippen LogP contribution in [0.3, 0.4) is 0 Å². The van der Waals surface area contributed by atoms with Crippen LogP contribution in [0.5, 0.6) is 0 Å². The summed E-state index contributed by atoms with van der Waals surface area (Å²) in [5, 5.41) is 3.14. The second-order valence-corrected chi connectivity index (χ2v) is 9.90. The maximum atomic E-state index is 13.3. The van der Waals surface area contributed by atoms with Gasteiger partial charge in [-0.05, 0) is 62.1 Å². The highest BCUT2D eigenvalue weighted by atomic mass is 16.5. The summed E-state index contributed by atoms with van der Waals surface area (Å²) in [6, 6.07) is 26.5. The van der Waals surface area contributed by atoms with E-state index in [4.69, 9.17) is 4.74 Å². The van der Waals surface area contributed by atoms with Crippen molar-refractivity contribution in [3.63, 3.8) is 0 Å². The Labute approximate surface area is 216 Å². The highest BCUT2D eigenvalue weighted by Gasteiger charge is 2.36. The Hall–Kier alpha value is -3.15. The average molecular weight is 486 g/mol. The SMILES string of the molecule is Cc1ccc(C)c(N2CCN(CCCNC(=O)C(C)(OCc3ccccc3)c3ccccc3)CC2)c1. The van der Waals surface area contributed by atoms with Crippen molar-refractivity contribution in [3.8, 4) is 0 Å². The van der Waals surface area contributed by atoms with Gasteiger partial charge in [0.2, 0.25) is 0 Å². The van der Waals surface area contributed by atoms with Crippen molar-refractivity contribution in [1.82, 2.24) is 10.2 Å². The van der Waals surface area contributed by atoms with Crippen molar-refractivity contribution < 1.29 is 9.53 Å². The Morgan fingerprint density at radius 2 is 1.58 bits per heavy atom. The summed E-state index contributed by atoms with van der Waals surface area (Å²) in [4.78, 5) is 18.3. The fourth-order valence-corrected chi connectivity index (χ4v) is 4.78. The number of carbonyl (C=O) groups is 1. The standard InChI is InChI=1S/C31H39N3O2/c1-25-15-16-26(2)29(23-25)34-21-19-33(20-22-34)18-10-17-32-30(35)31(3,28-13-8-5-9-14-28)36-24-27-11-6-4-7-12-27/h4-9,11-16,23H,10,17-22,24H2,1-3H3,(H,32,35). The molecule has 1 fully saturated rings. The van der Waals surface area contributed by atoms with Crippen LogP contribution in [0.2, 0.25) is 0 Å². The molecule has 1 amide bonds. The summed E-state index contributed by atoms with van der Waals surface area (Å²) in [7, 11) is 0. The highest BCUT2D eigenvalue weighted by Crippen LogP contribution is 2.27. The maximum Gasteiger partial charge on any atom is 0.256 e. The van der Waals surface area contributed by atoms with E-state index in [2.05, 4.69) is 47.2 Å². The Morgan fingerprint density at radius 1 is 0.917 bits per heavy atom. The van der Waals surface area contributed by atoms with Gasteiger partial charge < -0.3 is 15.0 Å². The summed E-state index contributed by atoms with van der Waals surface area (Å²) in [6.07, 6.45) is 0.915. The molecule has 0 spiro atoms. The molecule has 1 N–H and O–H groups in total. The van der Waals surface area contributed by atoms with Gasteiger partial charge in [-0.3, -0.25) is 9.69 Å². The van der Waals surface area contributed by atoms with Crippen molar-refractivity contribution in [2.75, 3.05) is 44.2 Å². The van der Waals surface area contributed by atoms with E-state index in [9.17, 15) is 4.79 Å².